The molecular formula is C9H10ClN3O. The number of alkyl halides is 1. The molecule has 0 unspecified atom stereocenters. The maximum atomic E-state index is 5.67. The molecule has 74 valence electrons. The molecule has 2 heterocycles. The van der Waals surface area contributed by atoms with E-state index in [2.05, 4.69) is 10.1 Å². The van der Waals surface area contributed by atoms with Crippen LogP contribution < -0.4 is 4.74 Å². The van der Waals surface area contributed by atoms with Gasteiger partial charge in [0.15, 0.2) is 17.2 Å². The lowest BCUT2D eigenvalue weighted by atomic mass is 10.3. The second-order valence-corrected chi connectivity index (χ2v) is 3.21. The third kappa shape index (κ3) is 1.32. The smallest absolute Gasteiger partial charge is 0.198 e. The fraction of sp³-hybridized carbons (Fsp3) is 0.333. The number of rotatable bonds is 2. The summed E-state index contributed by atoms with van der Waals surface area (Å²) in [5, 5.41) is 4.23. The summed E-state index contributed by atoms with van der Waals surface area (Å²) >= 11 is 5.67. The quantitative estimate of drug-likeness (QED) is 0.711. The van der Waals surface area contributed by atoms with Gasteiger partial charge in [-0.1, -0.05) is 0 Å². The topological polar surface area (TPSA) is 39.4 Å². The highest BCUT2D eigenvalue weighted by atomic mass is 35.5. The van der Waals surface area contributed by atoms with Crippen LogP contribution in [0, 0.1) is 6.92 Å². The first kappa shape index (κ1) is 9.27. The van der Waals surface area contributed by atoms with Gasteiger partial charge in [0, 0.05) is 5.69 Å². The van der Waals surface area contributed by atoms with Crippen molar-refractivity contribution in [2.24, 2.45) is 0 Å². The lowest BCUT2D eigenvalue weighted by Gasteiger charge is -2.02. The number of ether oxygens (including phenoxy) is 1. The zero-order valence-electron chi connectivity index (χ0n) is 7.99. The predicted molar refractivity (Wildman–Crippen MR) is 53.8 cm³/mol. The van der Waals surface area contributed by atoms with Crippen molar-refractivity contribution >= 4 is 17.2 Å². The Bertz CT molecular complexity index is 466. The molecule has 0 N–H and O–H groups in total. The van der Waals surface area contributed by atoms with Gasteiger partial charge in [-0.2, -0.15) is 0 Å². The van der Waals surface area contributed by atoms with E-state index in [-0.39, 0.29) is 0 Å². The van der Waals surface area contributed by atoms with Crippen molar-refractivity contribution in [2.75, 3.05) is 7.11 Å². The van der Waals surface area contributed by atoms with E-state index in [0.29, 0.717) is 23.1 Å². The highest BCUT2D eigenvalue weighted by Crippen LogP contribution is 2.19. The van der Waals surface area contributed by atoms with Crippen molar-refractivity contribution in [1.82, 2.24) is 14.6 Å². The first-order valence-electron chi connectivity index (χ1n) is 4.21. The third-order valence-corrected chi connectivity index (χ3v) is 2.26. The highest BCUT2D eigenvalue weighted by molar-refractivity contribution is 6.16. The first-order valence-corrected chi connectivity index (χ1v) is 4.75. The Labute approximate surface area is 86.5 Å². The molecule has 0 bridgehead atoms. The predicted octanol–water partition coefficient (Wildman–Crippen LogP) is 1.79. The first-order chi connectivity index (χ1) is 6.76. The van der Waals surface area contributed by atoms with E-state index in [1.54, 1.807) is 11.6 Å². The van der Waals surface area contributed by atoms with Gasteiger partial charge in [0.25, 0.3) is 0 Å². The number of halogens is 1. The van der Waals surface area contributed by atoms with Crippen LogP contribution in [0.1, 0.15) is 11.5 Å². The van der Waals surface area contributed by atoms with Crippen LogP contribution in [0.3, 0.4) is 0 Å². The molecule has 0 saturated heterocycles. The summed E-state index contributed by atoms with van der Waals surface area (Å²) < 4.78 is 6.91. The van der Waals surface area contributed by atoms with E-state index in [1.165, 1.54) is 0 Å². The molecule has 0 aliphatic rings. The van der Waals surface area contributed by atoms with E-state index >= 15 is 0 Å². The van der Waals surface area contributed by atoms with Gasteiger partial charge in [-0.15, -0.1) is 16.7 Å². The van der Waals surface area contributed by atoms with E-state index in [4.69, 9.17) is 16.3 Å². The molecule has 0 radical (unpaired) electrons. The largest absolute Gasteiger partial charge is 0.493 e. The summed E-state index contributed by atoms with van der Waals surface area (Å²) in [6, 6.07) is 3.80. The Morgan fingerprint density at radius 1 is 1.50 bits per heavy atom. The molecule has 2 aromatic rings. The molecule has 0 saturated carbocycles. The molecule has 0 amide bonds. The zero-order chi connectivity index (χ0) is 10.1. The van der Waals surface area contributed by atoms with Gasteiger partial charge in [0.05, 0.1) is 13.0 Å². The molecule has 0 fully saturated rings. The van der Waals surface area contributed by atoms with Crippen molar-refractivity contribution in [1.29, 1.82) is 0 Å². The van der Waals surface area contributed by atoms with Crippen LogP contribution in [-0.4, -0.2) is 21.7 Å². The SMILES string of the molecule is COc1ccc(C)n2nc(CCl)nc12. The van der Waals surface area contributed by atoms with Crippen LogP contribution in [0.25, 0.3) is 5.65 Å². The van der Waals surface area contributed by atoms with Gasteiger partial charge < -0.3 is 4.74 Å². The van der Waals surface area contributed by atoms with Crippen LogP contribution in [0.15, 0.2) is 12.1 Å². The van der Waals surface area contributed by atoms with E-state index < -0.39 is 0 Å². The fourth-order valence-corrected chi connectivity index (χ4v) is 1.43. The second kappa shape index (κ2) is 3.46. The maximum Gasteiger partial charge on any atom is 0.198 e. The number of hydrogen-bond acceptors (Lipinski definition) is 3. The standard InChI is InChI=1S/C9H10ClN3O/c1-6-3-4-7(14-2)9-11-8(5-10)12-13(6)9/h3-4H,5H2,1-2H3. The minimum atomic E-state index is 0.310. The second-order valence-electron chi connectivity index (χ2n) is 2.94. The minimum Gasteiger partial charge on any atom is -0.493 e. The number of fused-ring (bicyclic) bond motifs is 1. The zero-order valence-corrected chi connectivity index (χ0v) is 8.75. The third-order valence-electron chi connectivity index (χ3n) is 2.02. The monoisotopic (exact) mass is 211 g/mol. The fourth-order valence-electron chi connectivity index (χ4n) is 1.32. The van der Waals surface area contributed by atoms with Gasteiger partial charge >= 0.3 is 0 Å². The van der Waals surface area contributed by atoms with Crippen molar-refractivity contribution in [3.63, 3.8) is 0 Å². The molecule has 0 atom stereocenters. The summed E-state index contributed by atoms with van der Waals surface area (Å²) in [6.07, 6.45) is 0. The number of methoxy groups -OCH3 is 1. The summed E-state index contributed by atoms with van der Waals surface area (Å²) in [5.74, 6) is 1.63. The average Bonchev–Trinajstić information content (AvgIpc) is 2.63. The molecular weight excluding hydrogens is 202 g/mol. The molecule has 2 rings (SSSR count). The summed E-state index contributed by atoms with van der Waals surface area (Å²) in [7, 11) is 1.61. The van der Waals surface area contributed by atoms with Crippen molar-refractivity contribution < 1.29 is 4.74 Å². The van der Waals surface area contributed by atoms with E-state index in [0.717, 1.165) is 5.69 Å². The van der Waals surface area contributed by atoms with Crippen molar-refractivity contribution in [3.05, 3.63) is 23.7 Å². The van der Waals surface area contributed by atoms with Gasteiger partial charge in [0.1, 0.15) is 0 Å². The molecule has 4 nitrogen and oxygen atoms in total. The molecule has 0 aromatic carbocycles. The lowest BCUT2D eigenvalue weighted by Crippen LogP contribution is -1.95. The van der Waals surface area contributed by atoms with Crippen LogP contribution in [0.2, 0.25) is 0 Å². The molecule has 0 aliphatic heterocycles. The van der Waals surface area contributed by atoms with Gasteiger partial charge in [0.2, 0.25) is 0 Å². The minimum absolute atomic E-state index is 0.310. The number of aromatic nitrogens is 3. The van der Waals surface area contributed by atoms with Crippen LogP contribution in [-0.2, 0) is 5.88 Å². The molecule has 5 heteroatoms. The van der Waals surface area contributed by atoms with Crippen LogP contribution in [0.4, 0.5) is 0 Å². The number of pyridine rings is 1. The Balaban J connectivity index is 2.74. The van der Waals surface area contributed by atoms with Gasteiger partial charge in [-0.25, -0.2) is 9.50 Å². The van der Waals surface area contributed by atoms with Crippen molar-refractivity contribution in [2.45, 2.75) is 12.8 Å². The van der Waals surface area contributed by atoms with Crippen LogP contribution in [0.5, 0.6) is 5.75 Å². The summed E-state index contributed by atoms with van der Waals surface area (Å²) in [4.78, 5) is 4.26. The van der Waals surface area contributed by atoms with E-state index in [9.17, 15) is 0 Å². The molecule has 0 aliphatic carbocycles. The molecule has 0 spiro atoms. The summed E-state index contributed by atoms with van der Waals surface area (Å²) in [6.45, 7) is 1.96. The normalized spacial score (nSPS) is 10.8. The number of aryl methyl sites for hydroxylation is 1. The molecule has 2 aromatic heterocycles. The number of hydrogen-bond donors (Lipinski definition) is 0. The van der Waals surface area contributed by atoms with E-state index in [1.807, 2.05) is 19.1 Å². The maximum absolute atomic E-state index is 5.67. The van der Waals surface area contributed by atoms with Gasteiger partial charge in [-0.3, -0.25) is 0 Å². The molecule has 14 heavy (non-hydrogen) atoms. The van der Waals surface area contributed by atoms with Gasteiger partial charge in [-0.05, 0) is 19.1 Å². The summed E-state index contributed by atoms with van der Waals surface area (Å²) in [5.41, 5.74) is 1.72. The number of nitrogens with zero attached hydrogens (tertiary/aromatic N) is 3. The van der Waals surface area contributed by atoms with Crippen molar-refractivity contribution in [3.8, 4) is 5.75 Å². The lowest BCUT2D eigenvalue weighted by molar-refractivity contribution is 0.416. The Morgan fingerprint density at radius 3 is 2.93 bits per heavy atom. The van der Waals surface area contributed by atoms with Crippen LogP contribution >= 0.6 is 11.6 Å². The average molecular weight is 212 g/mol. The highest BCUT2D eigenvalue weighted by Gasteiger charge is 2.09. The Hall–Kier alpha value is -1.29. The Morgan fingerprint density at radius 2 is 2.29 bits per heavy atom. The Kier molecular flexibility index (Phi) is 2.29.